The third kappa shape index (κ3) is 5.03. The van der Waals surface area contributed by atoms with Crippen LogP contribution in [0.1, 0.15) is 58.7 Å². The predicted octanol–water partition coefficient (Wildman–Crippen LogP) is 4.37. The number of halogens is 1. The minimum Gasteiger partial charge on any atom is -0.444 e. The van der Waals surface area contributed by atoms with Gasteiger partial charge in [-0.3, -0.25) is 4.68 Å². The van der Waals surface area contributed by atoms with Crippen LogP contribution in [0.2, 0.25) is 0 Å². The molecule has 4 heterocycles. The number of hydrogen-bond acceptors (Lipinski definition) is 5. The van der Waals surface area contributed by atoms with Crippen molar-refractivity contribution >= 4 is 22.0 Å². The molecule has 2 aromatic heterocycles. The van der Waals surface area contributed by atoms with Gasteiger partial charge in [-0.25, -0.2) is 9.48 Å². The highest BCUT2D eigenvalue weighted by molar-refractivity contribution is 9.10. The first-order valence-corrected chi connectivity index (χ1v) is 12.3. The second-order valence-electron chi connectivity index (χ2n) is 10.1. The number of aromatic nitrogens is 4. The van der Waals surface area contributed by atoms with Crippen LogP contribution in [0, 0.1) is 5.92 Å². The Morgan fingerprint density at radius 1 is 1.22 bits per heavy atom. The lowest BCUT2D eigenvalue weighted by Gasteiger charge is -2.42. The van der Waals surface area contributed by atoms with E-state index in [0.29, 0.717) is 12.5 Å². The van der Waals surface area contributed by atoms with Crippen molar-refractivity contribution in [3.63, 3.8) is 0 Å². The Hall–Kier alpha value is -1.87. The van der Waals surface area contributed by atoms with E-state index in [1.165, 1.54) is 11.3 Å². The van der Waals surface area contributed by atoms with Gasteiger partial charge in [-0.2, -0.15) is 10.2 Å². The maximum Gasteiger partial charge on any atom is 0.410 e. The van der Waals surface area contributed by atoms with Crippen LogP contribution in [-0.4, -0.2) is 61.5 Å². The van der Waals surface area contributed by atoms with Crippen LogP contribution in [0.3, 0.4) is 0 Å². The average molecular weight is 508 g/mol. The molecule has 0 spiro atoms. The summed E-state index contributed by atoms with van der Waals surface area (Å²) < 4.78 is 16.2. The van der Waals surface area contributed by atoms with Crippen LogP contribution in [0.15, 0.2) is 17.0 Å². The van der Waals surface area contributed by atoms with E-state index in [9.17, 15) is 4.79 Å². The molecule has 0 saturated carbocycles. The van der Waals surface area contributed by atoms with Crippen molar-refractivity contribution in [2.24, 2.45) is 5.92 Å². The normalized spacial score (nSPS) is 24.2. The molecule has 0 aromatic carbocycles. The maximum absolute atomic E-state index is 12.7. The second kappa shape index (κ2) is 9.17. The standard InChI is InChI=1S/C23H34BrN5O3/c1-15-10-17(11-16(2)28(15)22(30)32-23(3,4)5)13-27-14-18(12-25-27)29-20-7-9-31-8-6-19(20)21(24)26-29/h12,14-17H,6-11,13H2,1-5H3. The summed E-state index contributed by atoms with van der Waals surface area (Å²) >= 11 is 3.61. The minimum absolute atomic E-state index is 0.131. The summed E-state index contributed by atoms with van der Waals surface area (Å²) in [6, 6.07) is 0.262. The van der Waals surface area contributed by atoms with Gasteiger partial charge >= 0.3 is 6.09 Å². The molecular weight excluding hydrogens is 474 g/mol. The smallest absolute Gasteiger partial charge is 0.410 e. The molecular formula is C23H34BrN5O3. The number of likely N-dealkylation sites (tertiary alicyclic amines) is 1. The third-order valence-corrected chi connectivity index (χ3v) is 6.87. The topological polar surface area (TPSA) is 74.4 Å². The van der Waals surface area contributed by atoms with Crippen molar-refractivity contribution < 1.29 is 14.3 Å². The van der Waals surface area contributed by atoms with Gasteiger partial charge < -0.3 is 14.4 Å². The minimum atomic E-state index is -0.481. The summed E-state index contributed by atoms with van der Waals surface area (Å²) in [5.41, 5.74) is 2.92. The van der Waals surface area contributed by atoms with Crippen LogP contribution >= 0.6 is 15.9 Å². The van der Waals surface area contributed by atoms with Crippen LogP contribution in [-0.2, 0) is 28.9 Å². The van der Waals surface area contributed by atoms with E-state index in [0.717, 1.165) is 49.1 Å². The fraction of sp³-hybridized carbons (Fsp3) is 0.696. The summed E-state index contributed by atoms with van der Waals surface area (Å²) in [5, 5.41) is 9.34. The molecule has 9 heteroatoms. The molecule has 0 aliphatic carbocycles. The summed E-state index contributed by atoms with van der Waals surface area (Å²) in [4.78, 5) is 14.6. The number of carbonyl (C=O) groups is 1. The monoisotopic (exact) mass is 507 g/mol. The number of nitrogens with zero attached hydrogens (tertiary/aromatic N) is 5. The highest BCUT2D eigenvalue weighted by Crippen LogP contribution is 2.31. The summed E-state index contributed by atoms with van der Waals surface area (Å²) in [5.74, 6) is 0.446. The van der Waals surface area contributed by atoms with Crippen LogP contribution in [0.25, 0.3) is 5.69 Å². The molecule has 0 bridgehead atoms. The van der Waals surface area contributed by atoms with Crippen molar-refractivity contribution in [3.05, 3.63) is 28.3 Å². The second-order valence-corrected chi connectivity index (χ2v) is 10.8. The maximum atomic E-state index is 12.7. The van der Waals surface area contributed by atoms with Crippen molar-refractivity contribution in [1.82, 2.24) is 24.5 Å². The van der Waals surface area contributed by atoms with E-state index in [1.807, 2.05) is 41.2 Å². The van der Waals surface area contributed by atoms with Crippen LogP contribution < -0.4 is 0 Å². The first-order chi connectivity index (χ1) is 15.1. The fourth-order valence-electron chi connectivity index (χ4n) is 4.99. The van der Waals surface area contributed by atoms with E-state index < -0.39 is 5.60 Å². The van der Waals surface area contributed by atoms with E-state index >= 15 is 0 Å². The molecule has 1 fully saturated rings. The van der Waals surface area contributed by atoms with Crippen molar-refractivity contribution in [3.8, 4) is 5.69 Å². The molecule has 2 unspecified atom stereocenters. The highest BCUT2D eigenvalue weighted by Gasteiger charge is 2.36. The van der Waals surface area contributed by atoms with E-state index in [4.69, 9.17) is 14.6 Å². The lowest BCUT2D eigenvalue weighted by molar-refractivity contribution is -0.00864. The molecule has 2 aliphatic heterocycles. The molecule has 2 atom stereocenters. The molecule has 1 saturated heterocycles. The van der Waals surface area contributed by atoms with Gasteiger partial charge in [-0.05, 0) is 69.3 Å². The van der Waals surface area contributed by atoms with Crippen LogP contribution in [0.5, 0.6) is 0 Å². The molecule has 8 nitrogen and oxygen atoms in total. The largest absolute Gasteiger partial charge is 0.444 e. The first kappa shape index (κ1) is 23.3. The number of ether oxygens (including phenoxy) is 2. The highest BCUT2D eigenvalue weighted by atomic mass is 79.9. The van der Waals surface area contributed by atoms with E-state index in [1.54, 1.807) is 0 Å². The zero-order valence-electron chi connectivity index (χ0n) is 19.7. The molecule has 4 rings (SSSR count). The third-order valence-electron chi connectivity index (χ3n) is 6.23. The zero-order valence-corrected chi connectivity index (χ0v) is 21.3. The molecule has 32 heavy (non-hydrogen) atoms. The lowest BCUT2D eigenvalue weighted by atomic mass is 9.87. The van der Waals surface area contributed by atoms with Gasteiger partial charge in [-0.15, -0.1) is 0 Å². The number of carbonyl (C=O) groups excluding carboxylic acids is 1. The van der Waals surface area contributed by atoms with E-state index in [-0.39, 0.29) is 18.2 Å². The molecule has 0 N–H and O–H groups in total. The fourth-order valence-corrected chi connectivity index (χ4v) is 5.58. The van der Waals surface area contributed by atoms with Gasteiger partial charge in [0.2, 0.25) is 0 Å². The average Bonchev–Trinajstić information content (AvgIpc) is 3.15. The Morgan fingerprint density at radius 3 is 2.59 bits per heavy atom. The van der Waals surface area contributed by atoms with E-state index in [2.05, 4.69) is 41.1 Å². The Morgan fingerprint density at radius 2 is 1.91 bits per heavy atom. The number of fused-ring (bicyclic) bond motifs is 1. The SMILES string of the molecule is CC1CC(Cn2cc(-n3nc(Br)c4c3CCOCC4)cn2)CC(C)N1C(=O)OC(C)(C)C. The molecule has 0 radical (unpaired) electrons. The number of hydrogen-bond donors (Lipinski definition) is 0. The molecule has 2 aromatic rings. The Labute approximate surface area is 198 Å². The first-order valence-electron chi connectivity index (χ1n) is 11.5. The predicted molar refractivity (Wildman–Crippen MR) is 125 cm³/mol. The number of piperidine rings is 1. The van der Waals surface area contributed by atoms with Crippen LogP contribution in [0.4, 0.5) is 4.79 Å². The van der Waals surface area contributed by atoms with Gasteiger partial charge in [-0.1, -0.05) is 0 Å². The molecule has 2 aliphatic rings. The number of amides is 1. The van der Waals surface area contributed by atoms with Gasteiger partial charge in [0.1, 0.15) is 15.9 Å². The quantitative estimate of drug-likeness (QED) is 0.616. The zero-order chi connectivity index (χ0) is 23.0. The Bertz CT molecular complexity index is 951. The lowest BCUT2D eigenvalue weighted by Crippen LogP contribution is -2.51. The van der Waals surface area contributed by atoms with Gasteiger partial charge in [0.15, 0.2) is 0 Å². The van der Waals surface area contributed by atoms with Crippen molar-refractivity contribution in [2.75, 3.05) is 13.2 Å². The molecule has 1 amide bonds. The Kier molecular flexibility index (Phi) is 6.68. The summed E-state index contributed by atoms with van der Waals surface area (Å²) in [7, 11) is 0. The van der Waals surface area contributed by atoms with Gasteiger partial charge in [0.05, 0.1) is 31.3 Å². The van der Waals surface area contributed by atoms with Gasteiger partial charge in [0.25, 0.3) is 0 Å². The van der Waals surface area contributed by atoms with Crippen molar-refractivity contribution in [1.29, 1.82) is 0 Å². The number of rotatable bonds is 3. The summed E-state index contributed by atoms with van der Waals surface area (Å²) in [6.07, 6.45) is 7.31. The van der Waals surface area contributed by atoms with Gasteiger partial charge in [0, 0.05) is 37.0 Å². The molecule has 176 valence electrons. The van der Waals surface area contributed by atoms with Crippen molar-refractivity contribution in [2.45, 2.75) is 84.5 Å². The Balaban J connectivity index is 1.43. The summed E-state index contributed by atoms with van der Waals surface area (Å²) in [6.45, 7) is 12.2.